The Labute approximate surface area is 152 Å². The van der Waals surface area contributed by atoms with Gasteiger partial charge in [-0.25, -0.2) is 0 Å². The Bertz CT molecular complexity index is 677. The van der Waals surface area contributed by atoms with Gasteiger partial charge in [-0.3, -0.25) is 4.68 Å². The molecule has 2 atom stereocenters. The van der Waals surface area contributed by atoms with E-state index in [1.165, 1.54) is 36.9 Å². The van der Waals surface area contributed by atoms with Gasteiger partial charge in [-0.1, -0.05) is 28.1 Å². The van der Waals surface area contributed by atoms with Crippen LogP contribution in [0.1, 0.15) is 37.3 Å². The van der Waals surface area contributed by atoms with Gasteiger partial charge in [-0.2, -0.15) is 5.10 Å². The highest BCUT2D eigenvalue weighted by molar-refractivity contribution is 9.10. The van der Waals surface area contributed by atoms with Gasteiger partial charge >= 0.3 is 0 Å². The second-order valence-electron chi connectivity index (χ2n) is 7.19. The molecule has 0 radical (unpaired) electrons. The van der Waals surface area contributed by atoms with Gasteiger partial charge in [0.1, 0.15) is 0 Å². The first-order valence-corrected chi connectivity index (χ1v) is 9.73. The lowest BCUT2D eigenvalue weighted by Crippen LogP contribution is -2.47. The number of nitrogens with zero attached hydrogens (tertiary/aromatic N) is 3. The van der Waals surface area contributed by atoms with Crippen LogP contribution in [-0.4, -0.2) is 28.9 Å². The maximum absolute atomic E-state index is 4.32. The monoisotopic (exact) mass is 388 g/mol. The quantitative estimate of drug-likeness (QED) is 0.842. The smallest absolute Gasteiger partial charge is 0.0752 e. The lowest BCUT2D eigenvalue weighted by atomic mass is 9.98. The van der Waals surface area contributed by atoms with Crippen LogP contribution in [-0.2, 0) is 7.05 Å². The van der Waals surface area contributed by atoms with Crippen molar-refractivity contribution in [2.45, 2.75) is 37.8 Å². The highest BCUT2D eigenvalue weighted by atomic mass is 79.9. The summed E-state index contributed by atoms with van der Waals surface area (Å²) >= 11 is 3.55. The van der Waals surface area contributed by atoms with Crippen LogP contribution in [0.15, 0.2) is 41.1 Å². The van der Waals surface area contributed by atoms with Crippen molar-refractivity contribution in [2.75, 3.05) is 18.0 Å². The van der Waals surface area contributed by atoms with Crippen LogP contribution >= 0.6 is 15.9 Å². The Morgan fingerprint density at radius 1 is 1.21 bits per heavy atom. The lowest BCUT2D eigenvalue weighted by molar-refractivity contribution is 0.356. The zero-order valence-corrected chi connectivity index (χ0v) is 15.7. The fourth-order valence-corrected chi connectivity index (χ4v) is 4.04. The number of nitrogens with one attached hydrogen (secondary N) is 1. The molecule has 1 saturated heterocycles. The summed E-state index contributed by atoms with van der Waals surface area (Å²) in [5, 5.41) is 8.30. The molecule has 1 aliphatic heterocycles. The number of aryl methyl sites for hydroxylation is 1. The van der Waals surface area contributed by atoms with E-state index in [4.69, 9.17) is 0 Å². The third kappa shape index (κ3) is 3.67. The van der Waals surface area contributed by atoms with Crippen molar-refractivity contribution in [3.8, 4) is 0 Å². The molecule has 2 fully saturated rings. The second-order valence-corrected chi connectivity index (χ2v) is 8.11. The van der Waals surface area contributed by atoms with E-state index in [2.05, 4.69) is 61.7 Å². The summed E-state index contributed by atoms with van der Waals surface area (Å²) in [5.41, 5.74) is 2.68. The molecular formula is C19H25BrN4. The summed E-state index contributed by atoms with van der Waals surface area (Å²) in [6.07, 6.45) is 9.31. The standard InChI is InChI=1S/C19H25BrN4/c1-23-13-18(11-21-23)24-10-2-3-17(12-24)22-19(14-4-5-14)15-6-8-16(20)9-7-15/h6-9,11,13-14,17,19,22H,2-5,10,12H2,1H3/t17-,19+/m0/s1. The first kappa shape index (κ1) is 16.2. The number of halogens is 1. The summed E-state index contributed by atoms with van der Waals surface area (Å²) in [5.74, 6) is 0.806. The Balaban J connectivity index is 1.45. The Kier molecular flexibility index (Phi) is 4.63. The minimum Gasteiger partial charge on any atom is -0.367 e. The van der Waals surface area contributed by atoms with Crippen LogP contribution in [0, 0.1) is 5.92 Å². The van der Waals surface area contributed by atoms with Crippen LogP contribution in [0.2, 0.25) is 0 Å². The van der Waals surface area contributed by atoms with Gasteiger partial charge in [0.25, 0.3) is 0 Å². The molecule has 0 amide bonds. The van der Waals surface area contributed by atoms with Crippen molar-refractivity contribution in [2.24, 2.45) is 13.0 Å². The van der Waals surface area contributed by atoms with E-state index in [-0.39, 0.29) is 0 Å². The molecule has 0 unspecified atom stereocenters. The average molecular weight is 389 g/mol. The van der Waals surface area contributed by atoms with Crippen molar-refractivity contribution in [3.63, 3.8) is 0 Å². The molecule has 2 heterocycles. The number of rotatable bonds is 5. The van der Waals surface area contributed by atoms with Crippen LogP contribution in [0.3, 0.4) is 0 Å². The average Bonchev–Trinajstić information content (AvgIpc) is 3.34. The fourth-order valence-electron chi connectivity index (χ4n) is 3.78. The van der Waals surface area contributed by atoms with E-state index in [1.807, 2.05) is 17.9 Å². The zero-order chi connectivity index (χ0) is 16.5. The number of hydrogen-bond acceptors (Lipinski definition) is 3. The van der Waals surface area contributed by atoms with Gasteiger partial charge in [0.05, 0.1) is 11.9 Å². The molecule has 4 nitrogen and oxygen atoms in total. The number of piperidine rings is 1. The Morgan fingerprint density at radius 3 is 2.67 bits per heavy atom. The predicted octanol–water partition coefficient (Wildman–Crippen LogP) is 3.89. The summed E-state index contributed by atoms with van der Waals surface area (Å²) < 4.78 is 3.04. The van der Waals surface area contributed by atoms with Crippen LogP contribution in [0.25, 0.3) is 0 Å². The third-order valence-electron chi connectivity index (χ3n) is 5.22. The van der Waals surface area contributed by atoms with Gasteiger partial charge in [-0.15, -0.1) is 0 Å². The number of hydrogen-bond donors (Lipinski definition) is 1. The lowest BCUT2D eigenvalue weighted by Gasteiger charge is -2.36. The molecule has 5 heteroatoms. The summed E-state index contributed by atoms with van der Waals surface area (Å²) in [6, 6.07) is 9.90. The van der Waals surface area contributed by atoms with Crippen molar-refractivity contribution in [3.05, 3.63) is 46.7 Å². The Hall–Kier alpha value is -1.33. The summed E-state index contributed by atoms with van der Waals surface area (Å²) in [6.45, 7) is 2.21. The highest BCUT2D eigenvalue weighted by Crippen LogP contribution is 2.41. The fraction of sp³-hybridized carbons (Fsp3) is 0.526. The van der Waals surface area contributed by atoms with Crippen LogP contribution < -0.4 is 10.2 Å². The largest absolute Gasteiger partial charge is 0.367 e. The minimum absolute atomic E-state index is 0.497. The van der Waals surface area contributed by atoms with Gasteiger partial charge in [0.2, 0.25) is 0 Å². The van der Waals surface area contributed by atoms with Crippen LogP contribution in [0.5, 0.6) is 0 Å². The van der Waals surface area contributed by atoms with E-state index in [9.17, 15) is 0 Å². The van der Waals surface area contributed by atoms with Gasteiger partial charge in [0, 0.05) is 42.9 Å². The van der Waals surface area contributed by atoms with E-state index < -0.39 is 0 Å². The number of anilines is 1. The summed E-state index contributed by atoms with van der Waals surface area (Å²) in [7, 11) is 1.99. The van der Waals surface area contributed by atoms with Gasteiger partial charge in [-0.05, 0) is 49.3 Å². The van der Waals surface area contributed by atoms with Crippen molar-refractivity contribution < 1.29 is 0 Å². The van der Waals surface area contributed by atoms with Gasteiger partial charge < -0.3 is 10.2 Å². The molecule has 0 spiro atoms. The molecule has 0 bridgehead atoms. The SMILES string of the molecule is Cn1cc(N2CCC[C@H](N[C@@H](c3ccc(Br)cc3)C3CC3)C2)cn1. The maximum atomic E-state index is 4.32. The minimum atomic E-state index is 0.497. The predicted molar refractivity (Wildman–Crippen MR) is 101 cm³/mol. The molecule has 1 aromatic carbocycles. The number of aromatic nitrogens is 2. The molecule has 1 aliphatic carbocycles. The van der Waals surface area contributed by atoms with E-state index >= 15 is 0 Å². The first-order chi connectivity index (χ1) is 11.7. The first-order valence-electron chi connectivity index (χ1n) is 8.94. The van der Waals surface area contributed by atoms with Crippen LogP contribution in [0.4, 0.5) is 5.69 Å². The van der Waals surface area contributed by atoms with E-state index in [1.54, 1.807) is 0 Å². The van der Waals surface area contributed by atoms with E-state index in [0.29, 0.717) is 12.1 Å². The molecule has 2 aliphatic rings. The maximum Gasteiger partial charge on any atom is 0.0752 e. The molecular weight excluding hydrogens is 364 g/mol. The topological polar surface area (TPSA) is 33.1 Å². The van der Waals surface area contributed by atoms with E-state index in [0.717, 1.165) is 23.5 Å². The number of benzene rings is 1. The molecule has 128 valence electrons. The zero-order valence-electron chi connectivity index (χ0n) is 14.2. The molecule has 1 saturated carbocycles. The molecule has 2 aromatic rings. The highest BCUT2D eigenvalue weighted by Gasteiger charge is 2.34. The molecule has 24 heavy (non-hydrogen) atoms. The molecule has 1 N–H and O–H groups in total. The molecule has 1 aromatic heterocycles. The van der Waals surface area contributed by atoms with Crippen molar-refractivity contribution in [1.29, 1.82) is 0 Å². The molecule has 4 rings (SSSR count). The summed E-state index contributed by atoms with van der Waals surface area (Å²) in [4.78, 5) is 2.47. The van der Waals surface area contributed by atoms with Gasteiger partial charge in [0.15, 0.2) is 0 Å². The van der Waals surface area contributed by atoms with Crippen molar-refractivity contribution >= 4 is 21.6 Å². The second kappa shape index (κ2) is 6.89. The third-order valence-corrected chi connectivity index (χ3v) is 5.74. The van der Waals surface area contributed by atoms with Crippen molar-refractivity contribution in [1.82, 2.24) is 15.1 Å². The normalized spacial score (nSPS) is 22.6. The Morgan fingerprint density at radius 2 is 2.00 bits per heavy atom.